The van der Waals surface area contributed by atoms with E-state index in [-0.39, 0.29) is 12.5 Å². The summed E-state index contributed by atoms with van der Waals surface area (Å²) in [5.41, 5.74) is 5.91. The van der Waals surface area contributed by atoms with Crippen molar-refractivity contribution in [3.63, 3.8) is 0 Å². The SMILES string of the molecule is NC(=O)NC(=O)CN1CCN(c2ccccc2Cl)CC1. The molecule has 1 aromatic carbocycles. The number of benzene rings is 1. The van der Waals surface area contributed by atoms with Crippen molar-refractivity contribution in [3.05, 3.63) is 29.3 Å². The van der Waals surface area contributed by atoms with Gasteiger partial charge in [-0.05, 0) is 12.1 Å². The second-order valence-corrected chi connectivity index (χ2v) is 5.03. The van der Waals surface area contributed by atoms with Gasteiger partial charge in [-0.3, -0.25) is 15.0 Å². The maximum Gasteiger partial charge on any atom is 0.318 e. The molecule has 0 radical (unpaired) electrons. The van der Waals surface area contributed by atoms with Crippen LogP contribution in [0.1, 0.15) is 0 Å². The first-order valence-electron chi connectivity index (χ1n) is 6.37. The normalized spacial score (nSPS) is 15.9. The van der Waals surface area contributed by atoms with Crippen LogP contribution in [0.25, 0.3) is 0 Å². The summed E-state index contributed by atoms with van der Waals surface area (Å²) >= 11 is 6.16. The van der Waals surface area contributed by atoms with E-state index in [4.69, 9.17) is 17.3 Å². The predicted molar refractivity (Wildman–Crippen MR) is 77.8 cm³/mol. The van der Waals surface area contributed by atoms with Crippen LogP contribution in [0.15, 0.2) is 24.3 Å². The van der Waals surface area contributed by atoms with E-state index in [0.29, 0.717) is 0 Å². The van der Waals surface area contributed by atoms with E-state index < -0.39 is 6.03 Å². The number of para-hydroxylation sites is 1. The van der Waals surface area contributed by atoms with E-state index in [1.165, 1.54) is 0 Å². The fourth-order valence-corrected chi connectivity index (χ4v) is 2.49. The molecule has 0 bridgehead atoms. The Morgan fingerprint density at radius 2 is 1.85 bits per heavy atom. The van der Waals surface area contributed by atoms with E-state index in [9.17, 15) is 9.59 Å². The summed E-state index contributed by atoms with van der Waals surface area (Å²) < 4.78 is 0. The maximum absolute atomic E-state index is 11.4. The molecule has 108 valence electrons. The van der Waals surface area contributed by atoms with Crippen LogP contribution in [-0.4, -0.2) is 49.6 Å². The van der Waals surface area contributed by atoms with Crippen LogP contribution in [0.5, 0.6) is 0 Å². The van der Waals surface area contributed by atoms with Crippen LogP contribution in [0.4, 0.5) is 10.5 Å². The molecule has 3 N–H and O–H groups in total. The highest BCUT2D eigenvalue weighted by atomic mass is 35.5. The number of rotatable bonds is 3. The van der Waals surface area contributed by atoms with Gasteiger partial charge in [-0.1, -0.05) is 23.7 Å². The molecule has 7 heteroatoms. The number of hydrogen-bond donors (Lipinski definition) is 2. The number of nitrogens with two attached hydrogens (primary N) is 1. The monoisotopic (exact) mass is 296 g/mol. The lowest BCUT2D eigenvalue weighted by Gasteiger charge is -2.36. The molecule has 2 rings (SSSR count). The summed E-state index contributed by atoms with van der Waals surface area (Å²) in [5, 5.41) is 2.79. The van der Waals surface area contributed by atoms with Gasteiger partial charge < -0.3 is 10.6 Å². The summed E-state index contributed by atoms with van der Waals surface area (Å²) in [6.45, 7) is 3.22. The number of piperazine rings is 1. The number of primary amides is 1. The smallest absolute Gasteiger partial charge is 0.318 e. The molecule has 1 aromatic rings. The molecule has 0 aliphatic carbocycles. The van der Waals surface area contributed by atoms with Crippen LogP contribution in [-0.2, 0) is 4.79 Å². The van der Waals surface area contributed by atoms with Crippen LogP contribution < -0.4 is 16.0 Å². The molecule has 6 nitrogen and oxygen atoms in total. The Hall–Kier alpha value is -1.79. The lowest BCUT2D eigenvalue weighted by Crippen LogP contribution is -2.50. The van der Waals surface area contributed by atoms with Gasteiger partial charge in [0.05, 0.1) is 17.3 Å². The molecule has 1 saturated heterocycles. The minimum absolute atomic E-state index is 0.180. The van der Waals surface area contributed by atoms with Crippen molar-refractivity contribution in [2.24, 2.45) is 5.73 Å². The lowest BCUT2D eigenvalue weighted by atomic mass is 10.2. The first-order valence-corrected chi connectivity index (χ1v) is 6.75. The topological polar surface area (TPSA) is 78.7 Å². The van der Waals surface area contributed by atoms with Gasteiger partial charge in [0.2, 0.25) is 5.91 Å². The first kappa shape index (κ1) is 14.6. The average molecular weight is 297 g/mol. The second kappa shape index (κ2) is 6.58. The van der Waals surface area contributed by atoms with Crippen molar-refractivity contribution in [1.29, 1.82) is 0 Å². The molecule has 0 atom stereocenters. The highest BCUT2D eigenvalue weighted by molar-refractivity contribution is 6.33. The number of anilines is 1. The number of carbonyl (C=O) groups excluding carboxylic acids is 2. The zero-order valence-electron chi connectivity index (χ0n) is 11.0. The molecule has 0 spiro atoms. The van der Waals surface area contributed by atoms with Crippen LogP contribution >= 0.6 is 11.6 Å². The molecular formula is C13H17ClN4O2. The van der Waals surface area contributed by atoms with Gasteiger partial charge in [0.15, 0.2) is 0 Å². The number of carbonyl (C=O) groups is 2. The fraction of sp³-hybridized carbons (Fsp3) is 0.385. The van der Waals surface area contributed by atoms with E-state index in [0.717, 1.165) is 36.9 Å². The summed E-state index contributed by atoms with van der Waals surface area (Å²) in [4.78, 5) is 26.2. The number of nitrogens with one attached hydrogen (secondary N) is 1. The highest BCUT2D eigenvalue weighted by Gasteiger charge is 2.20. The third kappa shape index (κ3) is 3.85. The number of urea groups is 1. The Kier molecular flexibility index (Phi) is 4.81. The van der Waals surface area contributed by atoms with Gasteiger partial charge in [-0.25, -0.2) is 4.79 Å². The van der Waals surface area contributed by atoms with Crippen LogP contribution in [0, 0.1) is 0 Å². The van der Waals surface area contributed by atoms with Gasteiger partial charge in [-0.2, -0.15) is 0 Å². The Balaban J connectivity index is 1.85. The van der Waals surface area contributed by atoms with Crippen molar-refractivity contribution < 1.29 is 9.59 Å². The Labute approximate surface area is 122 Å². The average Bonchev–Trinajstić information content (AvgIpc) is 2.39. The third-order valence-electron chi connectivity index (χ3n) is 3.20. The number of amides is 3. The Morgan fingerprint density at radius 1 is 1.20 bits per heavy atom. The molecule has 1 fully saturated rings. The number of imide groups is 1. The number of halogens is 1. The van der Waals surface area contributed by atoms with Crippen molar-refractivity contribution >= 4 is 29.2 Å². The molecule has 0 aromatic heterocycles. The predicted octanol–water partition coefficient (Wildman–Crippen LogP) is 0.657. The van der Waals surface area contributed by atoms with Gasteiger partial charge in [0.1, 0.15) is 0 Å². The molecule has 3 amide bonds. The lowest BCUT2D eigenvalue weighted by molar-refractivity contribution is -0.121. The van der Waals surface area contributed by atoms with E-state index >= 15 is 0 Å². The van der Waals surface area contributed by atoms with Crippen molar-refractivity contribution in [3.8, 4) is 0 Å². The van der Waals surface area contributed by atoms with Gasteiger partial charge >= 0.3 is 6.03 Å². The first-order chi connectivity index (χ1) is 9.56. The molecule has 0 saturated carbocycles. The Morgan fingerprint density at radius 3 is 2.45 bits per heavy atom. The van der Waals surface area contributed by atoms with Gasteiger partial charge in [0, 0.05) is 26.2 Å². The minimum atomic E-state index is -0.815. The fourth-order valence-electron chi connectivity index (χ4n) is 2.24. The number of hydrogen-bond acceptors (Lipinski definition) is 4. The standard InChI is InChI=1S/C13H17ClN4O2/c14-10-3-1-2-4-11(10)18-7-5-17(6-8-18)9-12(19)16-13(15)20/h1-4H,5-9H2,(H3,15,16,19,20). The number of nitrogens with zero attached hydrogens (tertiary/aromatic N) is 2. The van der Waals surface area contributed by atoms with Crippen LogP contribution in [0.3, 0.4) is 0 Å². The molecular weight excluding hydrogens is 280 g/mol. The zero-order valence-corrected chi connectivity index (χ0v) is 11.8. The molecule has 1 heterocycles. The molecule has 1 aliphatic rings. The summed E-state index contributed by atoms with van der Waals surface area (Å²) in [6, 6.07) is 6.88. The molecule has 1 aliphatic heterocycles. The largest absolute Gasteiger partial charge is 0.368 e. The van der Waals surface area contributed by atoms with E-state index in [1.807, 2.05) is 29.2 Å². The van der Waals surface area contributed by atoms with Gasteiger partial charge in [0.25, 0.3) is 0 Å². The quantitative estimate of drug-likeness (QED) is 0.859. The summed E-state index contributed by atoms with van der Waals surface area (Å²) in [6.07, 6.45) is 0. The summed E-state index contributed by atoms with van der Waals surface area (Å²) in [7, 11) is 0. The maximum atomic E-state index is 11.4. The van der Waals surface area contributed by atoms with E-state index in [1.54, 1.807) is 0 Å². The van der Waals surface area contributed by atoms with Crippen molar-refractivity contribution in [2.45, 2.75) is 0 Å². The minimum Gasteiger partial charge on any atom is -0.368 e. The van der Waals surface area contributed by atoms with Crippen molar-refractivity contribution in [2.75, 3.05) is 37.6 Å². The molecule has 0 unspecified atom stereocenters. The zero-order chi connectivity index (χ0) is 14.5. The third-order valence-corrected chi connectivity index (χ3v) is 3.51. The highest BCUT2D eigenvalue weighted by Crippen LogP contribution is 2.25. The van der Waals surface area contributed by atoms with Crippen LogP contribution in [0.2, 0.25) is 5.02 Å². The second-order valence-electron chi connectivity index (χ2n) is 4.63. The van der Waals surface area contributed by atoms with E-state index in [2.05, 4.69) is 10.2 Å². The van der Waals surface area contributed by atoms with Crippen molar-refractivity contribution in [1.82, 2.24) is 10.2 Å². The van der Waals surface area contributed by atoms with Gasteiger partial charge in [-0.15, -0.1) is 0 Å². The summed E-state index contributed by atoms with van der Waals surface area (Å²) in [5.74, 6) is -0.372. The Bertz CT molecular complexity index is 501. The molecule has 20 heavy (non-hydrogen) atoms.